The smallest absolute Gasteiger partial charge is 0.276 e. The van der Waals surface area contributed by atoms with Crippen LogP contribution in [0.15, 0.2) is 53.9 Å². The first kappa shape index (κ1) is 18.5. The lowest BCUT2D eigenvalue weighted by atomic mass is 10.1. The van der Waals surface area contributed by atoms with Crippen LogP contribution in [-0.2, 0) is 6.42 Å². The summed E-state index contributed by atoms with van der Waals surface area (Å²) < 4.78 is 1.67. The van der Waals surface area contributed by atoms with E-state index in [1.807, 2.05) is 53.9 Å². The zero-order valence-electron chi connectivity index (χ0n) is 15.5. The molecule has 28 heavy (non-hydrogen) atoms. The second-order valence-electron chi connectivity index (χ2n) is 6.69. The van der Waals surface area contributed by atoms with Gasteiger partial charge in [0.2, 0.25) is 5.13 Å². The number of thiophene rings is 1. The largest absolute Gasteiger partial charge is 0.295 e. The fourth-order valence-electron chi connectivity index (χ4n) is 2.75. The summed E-state index contributed by atoms with van der Waals surface area (Å²) in [6.45, 7) is 4.26. The molecule has 0 bridgehead atoms. The highest BCUT2D eigenvalue weighted by molar-refractivity contribution is 7.15. The molecule has 0 unspecified atom stereocenters. The number of benzene rings is 1. The number of carbonyl (C=O) groups is 1. The van der Waals surface area contributed by atoms with Crippen molar-refractivity contribution in [1.29, 1.82) is 0 Å². The van der Waals surface area contributed by atoms with E-state index in [2.05, 4.69) is 34.5 Å². The highest BCUT2D eigenvalue weighted by atomic mass is 32.1. The van der Waals surface area contributed by atoms with Gasteiger partial charge in [-0.1, -0.05) is 49.4 Å². The number of rotatable bonds is 6. The Morgan fingerprint density at radius 3 is 2.68 bits per heavy atom. The van der Waals surface area contributed by atoms with E-state index >= 15 is 0 Å². The molecule has 1 aromatic carbocycles. The Kier molecular flexibility index (Phi) is 5.31. The van der Waals surface area contributed by atoms with Crippen LogP contribution in [0.4, 0.5) is 5.13 Å². The average molecular weight is 410 g/mol. The fraction of sp³-hybridized carbons (Fsp3) is 0.200. The first-order valence-electron chi connectivity index (χ1n) is 8.93. The molecule has 0 atom stereocenters. The van der Waals surface area contributed by atoms with Crippen molar-refractivity contribution >= 4 is 33.7 Å². The molecule has 0 spiro atoms. The number of para-hydroxylation sites is 1. The van der Waals surface area contributed by atoms with E-state index in [4.69, 9.17) is 0 Å². The average Bonchev–Trinajstić information content (AvgIpc) is 3.42. The molecule has 8 heteroatoms. The third-order valence-electron chi connectivity index (χ3n) is 3.99. The monoisotopic (exact) mass is 409 g/mol. The van der Waals surface area contributed by atoms with Crippen molar-refractivity contribution in [2.45, 2.75) is 20.3 Å². The predicted octanol–water partition coefficient (Wildman–Crippen LogP) is 4.90. The first-order chi connectivity index (χ1) is 13.6. The van der Waals surface area contributed by atoms with Gasteiger partial charge in [-0.2, -0.15) is 5.10 Å². The molecule has 0 aliphatic heterocycles. The van der Waals surface area contributed by atoms with Crippen molar-refractivity contribution in [2.24, 2.45) is 5.92 Å². The lowest BCUT2D eigenvalue weighted by Crippen LogP contribution is -2.16. The number of aromatic nitrogens is 4. The first-order valence-corrected chi connectivity index (χ1v) is 10.6. The summed E-state index contributed by atoms with van der Waals surface area (Å²) in [6, 6.07) is 15.4. The molecule has 0 radical (unpaired) electrons. The number of anilines is 1. The summed E-state index contributed by atoms with van der Waals surface area (Å²) in [5, 5.41) is 19.2. The highest BCUT2D eigenvalue weighted by Gasteiger charge is 2.19. The van der Waals surface area contributed by atoms with E-state index in [9.17, 15) is 4.79 Å². The minimum absolute atomic E-state index is 0.258. The SMILES string of the molecule is CC(C)Cc1nnc(NC(=O)c2cc(-c3cccs3)nn2-c2ccccc2)s1. The number of nitrogens with one attached hydrogen (secondary N) is 1. The quantitative estimate of drug-likeness (QED) is 0.491. The van der Waals surface area contributed by atoms with Gasteiger partial charge >= 0.3 is 0 Å². The van der Waals surface area contributed by atoms with Crippen molar-refractivity contribution < 1.29 is 4.79 Å². The Morgan fingerprint density at radius 1 is 1.14 bits per heavy atom. The molecule has 3 aromatic heterocycles. The van der Waals surface area contributed by atoms with Gasteiger partial charge in [0.1, 0.15) is 16.4 Å². The Morgan fingerprint density at radius 2 is 1.96 bits per heavy atom. The third-order valence-corrected chi connectivity index (χ3v) is 5.74. The van der Waals surface area contributed by atoms with E-state index < -0.39 is 0 Å². The zero-order chi connectivity index (χ0) is 19.5. The Balaban J connectivity index is 1.65. The van der Waals surface area contributed by atoms with Crippen LogP contribution in [-0.4, -0.2) is 25.9 Å². The molecule has 1 amide bonds. The van der Waals surface area contributed by atoms with Crippen LogP contribution in [0.3, 0.4) is 0 Å². The molecule has 3 heterocycles. The summed E-state index contributed by atoms with van der Waals surface area (Å²) in [7, 11) is 0. The van der Waals surface area contributed by atoms with Crippen molar-refractivity contribution in [3.63, 3.8) is 0 Å². The molecule has 0 saturated heterocycles. The lowest BCUT2D eigenvalue weighted by molar-refractivity contribution is 0.101. The maximum absolute atomic E-state index is 13.0. The molecule has 0 saturated carbocycles. The summed E-state index contributed by atoms with van der Waals surface area (Å²) in [5.41, 5.74) is 2.05. The number of amides is 1. The number of hydrogen-bond donors (Lipinski definition) is 1. The summed E-state index contributed by atoms with van der Waals surface area (Å²) >= 11 is 3.00. The Bertz CT molecular complexity index is 1070. The molecule has 4 aromatic rings. The van der Waals surface area contributed by atoms with Crippen molar-refractivity contribution in [1.82, 2.24) is 20.0 Å². The summed E-state index contributed by atoms with van der Waals surface area (Å²) in [6.07, 6.45) is 0.845. The van der Waals surface area contributed by atoms with Gasteiger partial charge in [-0.25, -0.2) is 4.68 Å². The molecule has 6 nitrogen and oxygen atoms in total. The van der Waals surface area contributed by atoms with Gasteiger partial charge in [0.05, 0.1) is 10.6 Å². The van der Waals surface area contributed by atoms with Gasteiger partial charge in [-0.05, 0) is 35.6 Å². The van der Waals surface area contributed by atoms with Crippen LogP contribution in [0.25, 0.3) is 16.3 Å². The van der Waals surface area contributed by atoms with Gasteiger partial charge in [-0.15, -0.1) is 21.5 Å². The molecule has 0 fully saturated rings. The number of nitrogens with zero attached hydrogens (tertiary/aromatic N) is 4. The summed E-state index contributed by atoms with van der Waals surface area (Å²) in [4.78, 5) is 14.0. The molecule has 142 valence electrons. The molecule has 1 N–H and O–H groups in total. The van der Waals surface area contributed by atoms with Gasteiger partial charge in [0.25, 0.3) is 5.91 Å². The molecule has 4 rings (SSSR count). The van der Waals surface area contributed by atoms with E-state index in [1.165, 1.54) is 11.3 Å². The Labute approximate surface area is 170 Å². The Hall–Kier alpha value is -2.84. The van der Waals surface area contributed by atoms with E-state index in [0.29, 0.717) is 16.7 Å². The van der Waals surface area contributed by atoms with Crippen LogP contribution in [0.1, 0.15) is 29.3 Å². The topological polar surface area (TPSA) is 72.7 Å². The van der Waals surface area contributed by atoms with Crippen molar-refractivity contribution in [3.05, 3.63) is 64.6 Å². The van der Waals surface area contributed by atoms with Gasteiger partial charge in [-0.3, -0.25) is 10.1 Å². The minimum Gasteiger partial charge on any atom is -0.295 e. The van der Waals surface area contributed by atoms with Gasteiger partial charge < -0.3 is 0 Å². The number of carbonyl (C=O) groups excluding carboxylic acids is 1. The fourth-order valence-corrected chi connectivity index (χ4v) is 4.38. The molecule has 0 aliphatic rings. The maximum Gasteiger partial charge on any atom is 0.276 e. The molecular formula is C20H19N5OS2. The van der Waals surface area contributed by atoms with Crippen LogP contribution >= 0.6 is 22.7 Å². The van der Waals surface area contributed by atoms with Crippen molar-refractivity contribution in [2.75, 3.05) is 5.32 Å². The molecular weight excluding hydrogens is 390 g/mol. The minimum atomic E-state index is -0.258. The van der Waals surface area contributed by atoms with Crippen LogP contribution < -0.4 is 5.32 Å². The van der Waals surface area contributed by atoms with E-state index in [0.717, 1.165) is 27.7 Å². The van der Waals surface area contributed by atoms with Gasteiger partial charge in [0.15, 0.2) is 0 Å². The standard InChI is InChI=1S/C20H19N5OS2/c1-13(2)11-18-22-23-20(28-18)21-19(26)16-12-15(17-9-6-10-27-17)24-25(16)14-7-4-3-5-8-14/h3-10,12-13H,11H2,1-2H3,(H,21,23,26). The third kappa shape index (κ3) is 4.02. The predicted molar refractivity (Wildman–Crippen MR) is 113 cm³/mol. The van der Waals surface area contributed by atoms with Crippen molar-refractivity contribution in [3.8, 4) is 16.3 Å². The molecule has 0 aliphatic carbocycles. The van der Waals surface area contributed by atoms with E-state index in [-0.39, 0.29) is 5.91 Å². The zero-order valence-corrected chi connectivity index (χ0v) is 17.1. The number of hydrogen-bond acceptors (Lipinski definition) is 6. The lowest BCUT2D eigenvalue weighted by Gasteiger charge is -2.06. The normalized spacial score (nSPS) is 11.1. The summed E-state index contributed by atoms with van der Waals surface area (Å²) in [5.74, 6) is 0.232. The van der Waals surface area contributed by atoms with Crippen LogP contribution in [0.2, 0.25) is 0 Å². The second kappa shape index (κ2) is 8.04. The van der Waals surface area contributed by atoms with Crippen LogP contribution in [0, 0.1) is 5.92 Å². The van der Waals surface area contributed by atoms with Crippen LogP contribution in [0.5, 0.6) is 0 Å². The van der Waals surface area contributed by atoms with Gasteiger partial charge in [0, 0.05) is 6.42 Å². The maximum atomic E-state index is 13.0. The van der Waals surface area contributed by atoms with E-state index in [1.54, 1.807) is 16.0 Å². The second-order valence-corrected chi connectivity index (χ2v) is 8.70. The highest BCUT2D eigenvalue weighted by Crippen LogP contribution is 2.26.